The van der Waals surface area contributed by atoms with Crippen molar-refractivity contribution in [1.29, 1.82) is 0 Å². The monoisotopic (exact) mass is 1140 g/mol. The Balaban J connectivity index is 0.000000181. The highest BCUT2D eigenvalue weighted by Crippen LogP contribution is 2.41. The third-order valence-corrected chi connectivity index (χ3v) is 15.0. The van der Waals surface area contributed by atoms with Crippen LogP contribution >= 0.6 is 0 Å². The number of nitrogens with zero attached hydrogens (tertiary/aromatic N) is 10. The predicted octanol–water partition coefficient (Wildman–Crippen LogP) is 10.7. The van der Waals surface area contributed by atoms with E-state index < -0.39 is 23.1 Å². The summed E-state index contributed by atoms with van der Waals surface area (Å²) < 4.78 is 18.5. The largest absolute Gasteiger partial charge is 0.422 e. The van der Waals surface area contributed by atoms with Gasteiger partial charge in [-0.3, -0.25) is 0 Å². The lowest BCUT2D eigenvalue weighted by Gasteiger charge is -2.21. The van der Waals surface area contributed by atoms with Crippen LogP contribution in [0.1, 0.15) is 79.8 Å². The number of anilines is 6. The summed E-state index contributed by atoms with van der Waals surface area (Å²) in [5.41, 5.74) is 35.5. The zero-order valence-electron chi connectivity index (χ0n) is 48.0. The van der Waals surface area contributed by atoms with E-state index in [0.717, 1.165) is 71.1 Å². The number of rotatable bonds is 16. The number of aliphatic hydroxyl groups excluding tert-OH is 1. The Morgan fingerprint density at radius 3 is 0.906 bits per heavy atom. The molecular weight excluding hydrogens is 1070 g/mol. The first kappa shape index (κ1) is 57.6. The fraction of sp³-hybridized carbons (Fsp3) is 0.182. The standard InChI is InChI=1S/2C32H31N7O2.C2H6O/c2*1-3-37(4-2)24-16-15-21-17-25(32(40)41-28(21)18-24)29(26-19-35-38(30(26)33)22-11-7-5-8-12-22)27-20-36-39(31(27)34)23-13-9-6-10-14-23;1-2-3/h2*5-20,29H,3-4,33-34H2,1-2H3;3H,2H2,1H3. The van der Waals surface area contributed by atoms with Crippen molar-refractivity contribution in [2.45, 2.75) is 46.5 Å². The van der Waals surface area contributed by atoms with Gasteiger partial charge in [-0.2, -0.15) is 20.4 Å². The van der Waals surface area contributed by atoms with Gasteiger partial charge in [0.25, 0.3) is 0 Å². The second-order valence-electron chi connectivity index (χ2n) is 19.9. The number of nitrogens with two attached hydrogens (primary N) is 4. The van der Waals surface area contributed by atoms with E-state index in [-0.39, 0.29) is 6.61 Å². The van der Waals surface area contributed by atoms with Crippen LogP contribution in [0.25, 0.3) is 44.7 Å². The van der Waals surface area contributed by atoms with Gasteiger partial charge in [-0.1, -0.05) is 72.8 Å². The lowest BCUT2D eigenvalue weighted by atomic mass is 9.87. The van der Waals surface area contributed by atoms with E-state index in [4.69, 9.17) is 36.9 Å². The van der Waals surface area contributed by atoms with E-state index in [0.29, 0.717) is 67.8 Å². The highest BCUT2D eigenvalue weighted by atomic mass is 16.4. The molecule has 0 atom stereocenters. The average molecular weight is 1140 g/mol. The van der Waals surface area contributed by atoms with Crippen molar-refractivity contribution >= 4 is 56.6 Å². The molecule has 0 bridgehead atoms. The van der Waals surface area contributed by atoms with Crippen LogP contribution in [-0.4, -0.2) is 77.0 Å². The van der Waals surface area contributed by atoms with E-state index in [1.807, 2.05) is 170 Å². The Labute approximate surface area is 491 Å². The van der Waals surface area contributed by atoms with Crippen LogP contribution in [0.2, 0.25) is 0 Å². The quantitative estimate of drug-likeness (QED) is 0.0563. The summed E-state index contributed by atoms with van der Waals surface area (Å²) in [6.07, 6.45) is 6.72. The Morgan fingerprint density at radius 2 is 0.659 bits per heavy atom. The van der Waals surface area contributed by atoms with Crippen molar-refractivity contribution in [1.82, 2.24) is 39.1 Å². The maximum atomic E-state index is 13.7. The summed E-state index contributed by atoms with van der Waals surface area (Å²) >= 11 is 0. The summed E-state index contributed by atoms with van der Waals surface area (Å²) in [6, 6.07) is 53.9. The first-order chi connectivity index (χ1) is 41.4. The molecule has 0 aliphatic rings. The molecule has 85 heavy (non-hydrogen) atoms. The number of para-hydroxylation sites is 4. The molecular formula is C66H68N14O5. The van der Waals surface area contributed by atoms with Crippen LogP contribution < -0.4 is 44.0 Å². The fourth-order valence-corrected chi connectivity index (χ4v) is 10.7. The van der Waals surface area contributed by atoms with Crippen molar-refractivity contribution in [2.75, 3.05) is 65.5 Å². The third-order valence-electron chi connectivity index (χ3n) is 15.0. The van der Waals surface area contributed by atoms with Gasteiger partial charge in [0.15, 0.2) is 0 Å². The van der Waals surface area contributed by atoms with Crippen LogP contribution in [0.4, 0.5) is 34.6 Å². The molecule has 0 radical (unpaired) electrons. The van der Waals surface area contributed by atoms with Gasteiger partial charge < -0.3 is 46.7 Å². The topological polar surface area (TPSA) is 262 Å². The molecule has 19 heteroatoms. The van der Waals surface area contributed by atoms with Crippen LogP contribution in [0.15, 0.2) is 213 Å². The summed E-state index contributed by atoms with van der Waals surface area (Å²) in [4.78, 5) is 31.8. The molecule has 0 saturated carbocycles. The number of fused-ring (bicyclic) bond motifs is 2. The molecule has 6 heterocycles. The molecule has 0 saturated heterocycles. The summed E-state index contributed by atoms with van der Waals surface area (Å²) in [6.45, 7) is 13.7. The van der Waals surface area contributed by atoms with Gasteiger partial charge in [0, 0.05) is 89.3 Å². The van der Waals surface area contributed by atoms with Gasteiger partial charge in [0.1, 0.15) is 34.4 Å². The van der Waals surface area contributed by atoms with Crippen molar-refractivity contribution in [3.05, 3.63) is 249 Å². The second kappa shape index (κ2) is 25.6. The van der Waals surface area contributed by atoms with Crippen LogP contribution in [0, 0.1) is 0 Å². The molecule has 9 N–H and O–H groups in total. The molecule has 6 aromatic heterocycles. The molecule has 0 amide bonds. The maximum absolute atomic E-state index is 13.7. The Bertz CT molecular complexity index is 3870. The third kappa shape index (κ3) is 11.6. The number of aliphatic hydroxyl groups is 1. The average Bonchev–Trinajstić information content (AvgIpc) is 2.23. The van der Waals surface area contributed by atoms with E-state index in [9.17, 15) is 9.59 Å². The van der Waals surface area contributed by atoms with Gasteiger partial charge in [-0.05, 0) is 120 Å². The van der Waals surface area contributed by atoms with Gasteiger partial charge >= 0.3 is 11.3 Å². The fourth-order valence-electron chi connectivity index (χ4n) is 10.7. The zero-order valence-corrected chi connectivity index (χ0v) is 48.0. The minimum absolute atomic E-state index is 0.250. The Morgan fingerprint density at radius 1 is 0.400 bits per heavy atom. The summed E-state index contributed by atoms with van der Waals surface area (Å²) in [5, 5.41) is 27.5. The van der Waals surface area contributed by atoms with Gasteiger partial charge in [0.2, 0.25) is 0 Å². The number of hydrogen-bond donors (Lipinski definition) is 5. The first-order valence-electron chi connectivity index (χ1n) is 28.2. The van der Waals surface area contributed by atoms with Crippen LogP contribution in [0.3, 0.4) is 0 Å². The maximum Gasteiger partial charge on any atom is 0.340 e. The molecule has 0 unspecified atom stereocenters. The number of benzene rings is 6. The highest BCUT2D eigenvalue weighted by molar-refractivity contribution is 5.83. The Kier molecular flexibility index (Phi) is 17.4. The minimum Gasteiger partial charge on any atom is -0.422 e. The molecule has 0 spiro atoms. The van der Waals surface area contributed by atoms with E-state index in [1.165, 1.54) is 0 Å². The number of aromatic nitrogens is 8. The van der Waals surface area contributed by atoms with E-state index >= 15 is 0 Å². The molecule has 0 aliphatic heterocycles. The summed E-state index contributed by atoms with van der Waals surface area (Å²) in [5.74, 6) is 0.226. The molecule has 12 rings (SSSR count). The first-order valence-corrected chi connectivity index (χ1v) is 28.2. The zero-order chi connectivity index (χ0) is 59.7. The Hall–Kier alpha value is -10.7. The number of hydrogen-bond acceptors (Lipinski definition) is 15. The van der Waals surface area contributed by atoms with Crippen LogP contribution in [-0.2, 0) is 0 Å². The molecule has 0 aliphatic carbocycles. The predicted molar refractivity (Wildman–Crippen MR) is 339 cm³/mol. The minimum atomic E-state index is -0.673. The van der Waals surface area contributed by atoms with Crippen molar-refractivity contribution in [3.8, 4) is 22.7 Å². The molecule has 19 nitrogen and oxygen atoms in total. The van der Waals surface area contributed by atoms with Gasteiger partial charge in [-0.15, -0.1) is 0 Å². The lowest BCUT2D eigenvalue weighted by molar-refractivity contribution is 0.318. The van der Waals surface area contributed by atoms with Crippen molar-refractivity contribution < 1.29 is 13.9 Å². The van der Waals surface area contributed by atoms with Gasteiger partial charge in [-0.25, -0.2) is 28.3 Å². The molecule has 12 aromatic rings. The van der Waals surface area contributed by atoms with Gasteiger partial charge in [0.05, 0.1) is 70.5 Å². The van der Waals surface area contributed by atoms with Crippen molar-refractivity contribution in [3.63, 3.8) is 0 Å². The second-order valence-corrected chi connectivity index (χ2v) is 19.9. The smallest absolute Gasteiger partial charge is 0.340 e. The van der Waals surface area contributed by atoms with E-state index in [1.54, 1.807) is 50.4 Å². The lowest BCUT2D eigenvalue weighted by Crippen LogP contribution is -2.21. The SMILES string of the molecule is CCN(CC)c1ccc2cc(C(c3cnn(-c4ccccc4)c3N)c3cnn(-c4ccccc4)c3N)c(=O)oc2c1.CCN(CC)c1ccc2cc(C(c3cnn(-c4ccccc4)c3N)c3cnn(-c4ccccc4)c3N)c(=O)oc2c1.CCO. The van der Waals surface area contributed by atoms with Crippen LogP contribution in [0.5, 0.6) is 0 Å². The molecule has 432 valence electrons. The van der Waals surface area contributed by atoms with E-state index in [2.05, 4.69) is 57.9 Å². The highest BCUT2D eigenvalue weighted by Gasteiger charge is 2.32. The molecule has 0 fully saturated rings. The van der Waals surface area contributed by atoms with Crippen molar-refractivity contribution in [2.24, 2.45) is 0 Å². The summed E-state index contributed by atoms with van der Waals surface area (Å²) in [7, 11) is 0. The molecule has 6 aromatic carbocycles. The normalized spacial score (nSPS) is 11.2. The number of nitrogen functional groups attached to an aromatic ring is 4.